The van der Waals surface area contributed by atoms with E-state index in [1.54, 1.807) is 109 Å². The number of hydrogen-bond donors (Lipinski definition) is 8. The molecule has 0 aliphatic carbocycles. The number of benzene rings is 2. The Kier molecular flexibility index (Phi) is 18.4. The molecule has 4 fully saturated rings. The maximum absolute atomic E-state index is 14.4. The second-order valence-electron chi connectivity index (χ2n) is 19.5. The van der Waals surface area contributed by atoms with Gasteiger partial charge in [-0.05, 0) is 87.1 Å². The van der Waals surface area contributed by atoms with E-state index < -0.39 is 76.8 Å². The Morgan fingerprint density at radius 2 is 1.04 bits per heavy atom. The molecule has 0 aromatic heterocycles. The first-order chi connectivity index (χ1) is 33.3. The fourth-order valence-electron chi connectivity index (χ4n) is 9.48. The average molecular weight is 1020 g/mol. The molecule has 8 N–H and O–H groups in total. The fourth-order valence-corrected chi connectivity index (χ4v) is 12.9. The maximum Gasteiger partial charge on any atom is 0.247 e. The van der Waals surface area contributed by atoms with Gasteiger partial charge in [-0.1, -0.05) is 112 Å². The zero-order chi connectivity index (χ0) is 50.9. The van der Waals surface area contributed by atoms with E-state index in [1.807, 2.05) is 40.7 Å². The lowest BCUT2D eigenvalue weighted by Crippen LogP contribution is -2.58. The van der Waals surface area contributed by atoms with Crippen molar-refractivity contribution >= 4 is 82.1 Å². The van der Waals surface area contributed by atoms with E-state index in [9.17, 15) is 33.6 Å². The highest BCUT2D eigenvalue weighted by molar-refractivity contribution is 8.00. The van der Waals surface area contributed by atoms with Gasteiger partial charge in [0, 0.05) is 0 Å². The summed E-state index contributed by atoms with van der Waals surface area (Å²) in [5.41, 5.74) is -0.198. The first kappa shape index (κ1) is 54.1. The van der Waals surface area contributed by atoms with Crippen LogP contribution in [0.4, 0.5) is 0 Å². The molecule has 4 aliphatic heterocycles. The van der Waals surface area contributed by atoms with Crippen LogP contribution in [-0.2, 0) is 33.6 Å². The molecule has 17 nitrogen and oxygen atoms in total. The summed E-state index contributed by atoms with van der Waals surface area (Å²) < 4.78 is 0. The highest BCUT2D eigenvalue weighted by atomic mass is 32.2. The third-order valence-corrected chi connectivity index (χ3v) is 16.5. The van der Waals surface area contributed by atoms with Gasteiger partial charge < -0.3 is 52.3 Å². The van der Waals surface area contributed by atoms with Crippen LogP contribution in [0.5, 0.6) is 0 Å². The number of hydrogen-bond acceptors (Lipinski definition) is 12. The minimum absolute atomic E-state index is 0.113. The van der Waals surface area contributed by atoms with Crippen molar-refractivity contribution < 1.29 is 33.6 Å². The molecule has 0 radical (unpaired) electrons. The van der Waals surface area contributed by atoms with E-state index in [0.717, 1.165) is 0 Å². The molecule has 2 aromatic carbocycles. The number of thiocarbonyl (C=S) groups is 1. The first-order valence-electron chi connectivity index (χ1n) is 23.8. The molecule has 378 valence electrons. The molecule has 0 saturated carbocycles. The minimum atomic E-state index is -1.13. The summed E-state index contributed by atoms with van der Waals surface area (Å²) in [4.78, 5) is 102. The molecule has 4 saturated heterocycles. The van der Waals surface area contributed by atoms with Crippen molar-refractivity contribution in [2.24, 2.45) is 10.8 Å². The Morgan fingerprint density at radius 1 is 0.643 bits per heavy atom. The second-order valence-corrected chi connectivity index (χ2v) is 22.6. The van der Waals surface area contributed by atoms with Gasteiger partial charge in [-0.3, -0.25) is 33.6 Å². The van der Waals surface area contributed by atoms with Crippen molar-refractivity contribution in [3.8, 4) is 11.8 Å². The highest BCUT2D eigenvalue weighted by Crippen LogP contribution is 2.48. The van der Waals surface area contributed by atoms with Gasteiger partial charge in [0.05, 0.1) is 40.9 Å². The Morgan fingerprint density at radius 3 is 1.44 bits per heavy atom. The van der Waals surface area contributed by atoms with Crippen LogP contribution >= 0.6 is 35.7 Å². The minimum Gasteiger partial charge on any atom is -0.367 e. The Hall–Kier alpha value is -5.20. The van der Waals surface area contributed by atoms with E-state index in [0.29, 0.717) is 53.3 Å². The summed E-state index contributed by atoms with van der Waals surface area (Å²) >= 11 is 8.80. The lowest BCUT2D eigenvalue weighted by atomic mass is 9.83. The molecule has 0 spiro atoms. The van der Waals surface area contributed by atoms with Crippen molar-refractivity contribution in [1.82, 2.24) is 52.3 Å². The summed E-state index contributed by atoms with van der Waals surface area (Å²) in [6.07, 6.45) is 2.11. The third kappa shape index (κ3) is 12.6. The summed E-state index contributed by atoms with van der Waals surface area (Å²) in [6, 6.07) is 11.5. The molecular weight excluding hydrogens is 949 g/mol. The van der Waals surface area contributed by atoms with E-state index >= 15 is 0 Å². The number of likely N-dealkylation sites (N-methyl/N-ethyl adjacent to an activating group) is 2. The van der Waals surface area contributed by atoms with Crippen LogP contribution in [-0.4, -0.2) is 142 Å². The lowest BCUT2D eigenvalue weighted by Gasteiger charge is -2.35. The van der Waals surface area contributed by atoms with Crippen molar-refractivity contribution in [2.45, 2.75) is 126 Å². The number of carbonyl (C=O) groups excluding carboxylic acids is 7. The predicted molar refractivity (Wildman–Crippen MR) is 277 cm³/mol. The Bertz CT molecular complexity index is 2170. The van der Waals surface area contributed by atoms with Crippen LogP contribution in [0.3, 0.4) is 0 Å². The summed E-state index contributed by atoms with van der Waals surface area (Å²) in [5, 5.41) is 23.1. The molecule has 6 rings (SSSR count). The predicted octanol–water partition coefficient (Wildman–Crippen LogP) is 2.10. The number of carbonyl (C=O) groups is 7. The molecule has 70 heavy (non-hydrogen) atoms. The molecule has 7 amide bonds. The summed E-state index contributed by atoms with van der Waals surface area (Å²) in [5.74, 6) is 4.22. The zero-order valence-corrected chi connectivity index (χ0v) is 43.6. The van der Waals surface area contributed by atoms with Gasteiger partial charge in [-0.15, -0.1) is 23.5 Å². The van der Waals surface area contributed by atoms with E-state index in [2.05, 4.69) is 54.4 Å². The zero-order valence-electron chi connectivity index (χ0n) is 41.2. The SMILES string of the molecule is CN[C@@H](C)C(=O)N[C@H]1CCS[C@H]2CC(C)(C)[C@@H](C(=O)N[C@H](C(=O)NCC#CCNC(=O)[C@@H](NC(=O)[C@H]3N4C(=O)[C@@H](NC(=S)[C@H](C)NC)CCS[C@H]4CC3(C)C)c3ccccc3)c3ccccc3)N2C1=O. The Balaban J connectivity index is 1.10. The largest absolute Gasteiger partial charge is 0.367 e. The molecule has 0 unspecified atom stereocenters. The van der Waals surface area contributed by atoms with Crippen molar-refractivity contribution in [3.63, 3.8) is 0 Å². The molecule has 4 heterocycles. The molecule has 20 heteroatoms. The lowest BCUT2D eigenvalue weighted by molar-refractivity contribution is -0.144. The monoisotopic (exact) mass is 1020 g/mol. The summed E-state index contributed by atoms with van der Waals surface area (Å²) in [6.45, 7) is 11.2. The normalized spacial score (nSPS) is 25.1. The van der Waals surface area contributed by atoms with Crippen molar-refractivity contribution in [2.75, 3.05) is 38.7 Å². The first-order valence-corrected chi connectivity index (χ1v) is 26.3. The molecule has 0 bridgehead atoms. The van der Waals surface area contributed by atoms with E-state index in [4.69, 9.17) is 12.2 Å². The molecule has 10 atom stereocenters. The van der Waals surface area contributed by atoms with Gasteiger partial charge in [0.1, 0.15) is 36.3 Å². The smallest absolute Gasteiger partial charge is 0.247 e. The number of amides is 7. The van der Waals surface area contributed by atoms with Crippen LogP contribution in [0.25, 0.3) is 0 Å². The van der Waals surface area contributed by atoms with Gasteiger partial charge in [0.2, 0.25) is 41.4 Å². The average Bonchev–Trinajstić information content (AvgIpc) is 3.66. The van der Waals surface area contributed by atoms with Crippen LogP contribution < -0.4 is 42.5 Å². The van der Waals surface area contributed by atoms with Crippen molar-refractivity contribution in [3.05, 3.63) is 71.8 Å². The molecule has 4 aliphatic rings. The number of thioether (sulfide) groups is 2. The molecular formula is C50H68N10O7S3. The number of rotatable bonds is 16. The van der Waals surface area contributed by atoms with Gasteiger partial charge in [0.25, 0.3) is 0 Å². The van der Waals surface area contributed by atoms with Crippen LogP contribution in [0, 0.1) is 22.7 Å². The Labute approximate surface area is 425 Å². The number of fused-ring (bicyclic) bond motifs is 2. The standard InChI is InChI=1S/C50H68N10O7S3/c1-29(51-7)41(61)55-33-21-25-69-35-27-49(3,4)39(59(35)47(33)66)44(64)57-37(31-17-11-9-12-18-31)42(62)53-23-15-16-24-54-43(63)38(32-19-13-10-14-20-32)58-45(65)40-50(5,6)28-36-60(40)48(67)34(22-26-70-36)56-46(68)30(2)52-8/h9-14,17-20,29-30,33-40,51-52H,21-28H2,1-8H3,(H,53,62)(H,54,63)(H,55,61)(H,56,68)(H,57,64)(H,58,65)/t29-,30-,33-,34-,35-,36-,37-,38-,39+,40+/m0/s1. The van der Waals surface area contributed by atoms with Gasteiger partial charge >= 0.3 is 0 Å². The van der Waals surface area contributed by atoms with Gasteiger partial charge in [-0.25, -0.2) is 0 Å². The van der Waals surface area contributed by atoms with Crippen LogP contribution in [0.1, 0.15) is 90.4 Å². The van der Waals surface area contributed by atoms with Gasteiger partial charge in [-0.2, -0.15) is 0 Å². The van der Waals surface area contributed by atoms with E-state index in [1.165, 1.54) is 0 Å². The maximum atomic E-state index is 14.4. The fraction of sp³-hybridized carbons (Fsp3) is 0.560. The topological polar surface area (TPSA) is 222 Å². The second kappa shape index (κ2) is 23.8. The van der Waals surface area contributed by atoms with Gasteiger partial charge in [0.15, 0.2) is 0 Å². The van der Waals surface area contributed by atoms with Crippen LogP contribution in [0.15, 0.2) is 60.7 Å². The summed E-state index contributed by atoms with van der Waals surface area (Å²) in [7, 11) is 3.46. The van der Waals surface area contributed by atoms with Crippen molar-refractivity contribution in [1.29, 1.82) is 0 Å². The van der Waals surface area contributed by atoms with E-state index in [-0.39, 0.29) is 47.6 Å². The molecule has 2 aromatic rings. The number of nitrogens with zero attached hydrogens (tertiary/aromatic N) is 2. The number of nitrogens with one attached hydrogen (secondary N) is 8. The highest BCUT2D eigenvalue weighted by Gasteiger charge is 2.56. The van der Waals surface area contributed by atoms with Crippen LogP contribution in [0.2, 0.25) is 0 Å². The quantitative estimate of drug-likeness (QED) is 0.0894. The third-order valence-electron chi connectivity index (χ3n) is 13.6.